The molecule has 0 spiro atoms. The molecule has 2 rings (SSSR count). The van der Waals surface area contributed by atoms with Crippen molar-refractivity contribution in [2.75, 3.05) is 5.32 Å². The third-order valence-corrected chi connectivity index (χ3v) is 3.62. The van der Waals surface area contributed by atoms with Crippen LogP contribution in [0.25, 0.3) is 0 Å². The van der Waals surface area contributed by atoms with Crippen molar-refractivity contribution in [3.8, 4) is 0 Å². The summed E-state index contributed by atoms with van der Waals surface area (Å²) in [6, 6.07) is 3.57. The molecule has 0 saturated carbocycles. The molecular weight excluding hydrogens is 350 g/mol. The first kappa shape index (κ1) is 17.0. The number of hydrogen-bond donors (Lipinski definition) is 2. The number of aromatic nitrogens is 1. The van der Waals surface area contributed by atoms with E-state index in [1.165, 1.54) is 23.7 Å². The molecule has 0 bridgehead atoms. The summed E-state index contributed by atoms with van der Waals surface area (Å²) in [5.41, 5.74) is -0.203. The first-order valence-corrected chi connectivity index (χ1v) is 6.86. The lowest BCUT2D eigenvalue weighted by Crippen LogP contribution is -2.16. The van der Waals surface area contributed by atoms with Crippen molar-refractivity contribution in [3.63, 3.8) is 0 Å². The second-order valence-corrected chi connectivity index (χ2v) is 5.32. The Morgan fingerprint density at radius 3 is 2.48 bits per heavy atom. The zero-order chi connectivity index (χ0) is 17.3. The normalized spacial score (nSPS) is 10.4. The van der Waals surface area contributed by atoms with Crippen LogP contribution < -0.4 is 5.32 Å². The highest BCUT2D eigenvalue weighted by Gasteiger charge is 2.26. The maximum atomic E-state index is 13.1. The summed E-state index contributed by atoms with van der Waals surface area (Å²) in [6.45, 7) is 0. The van der Waals surface area contributed by atoms with Crippen molar-refractivity contribution in [2.24, 2.45) is 7.05 Å². The van der Waals surface area contributed by atoms with E-state index >= 15 is 0 Å². The number of hydrogen-bond acceptors (Lipinski definition) is 3. The van der Waals surface area contributed by atoms with Gasteiger partial charge < -0.3 is 15.0 Å². The Kier molecular flexibility index (Phi) is 4.72. The molecule has 0 radical (unpaired) electrons. The highest BCUT2D eigenvalue weighted by molar-refractivity contribution is 6.46. The molecule has 0 aliphatic heterocycles. The number of aryl methyl sites for hydroxylation is 1. The third-order valence-electron chi connectivity index (χ3n) is 2.95. The van der Waals surface area contributed by atoms with Gasteiger partial charge >= 0.3 is 5.97 Å². The monoisotopic (exact) mass is 358 g/mol. The number of rotatable bonds is 4. The van der Waals surface area contributed by atoms with E-state index in [0.717, 1.165) is 12.3 Å². The first-order valence-electron chi connectivity index (χ1n) is 6.11. The summed E-state index contributed by atoms with van der Waals surface area (Å²) in [6.07, 6.45) is 1.14. The quantitative estimate of drug-likeness (QED) is 0.649. The number of ketones is 1. The average molecular weight is 359 g/mol. The fourth-order valence-corrected chi connectivity index (χ4v) is 2.43. The number of carboxylic acids is 1. The van der Waals surface area contributed by atoms with Crippen molar-refractivity contribution in [3.05, 3.63) is 51.5 Å². The van der Waals surface area contributed by atoms with Gasteiger partial charge in [-0.2, -0.15) is 0 Å². The maximum Gasteiger partial charge on any atom is 0.377 e. The summed E-state index contributed by atoms with van der Waals surface area (Å²) < 4.78 is 14.3. The topological polar surface area (TPSA) is 88.4 Å². The van der Waals surface area contributed by atoms with Gasteiger partial charge in [0.2, 0.25) is 0 Å². The van der Waals surface area contributed by atoms with Crippen LogP contribution >= 0.6 is 23.2 Å². The van der Waals surface area contributed by atoms with Crippen LogP contribution in [0.3, 0.4) is 0 Å². The van der Waals surface area contributed by atoms with Crippen molar-refractivity contribution < 1.29 is 23.9 Å². The number of Topliss-reactive ketones (excluding diaryl/α,β-unsaturated/α-hetero) is 1. The largest absolute Gasteiger partial charge is 0.475 e. The number of carboxylic acid groups (broad SMARTS) is 1. The molecule has 0 atom stereocenters. The van der Waals surface area contributed by atoms with E-state index in [9.17, 15) is 18.8 Å². The second-order valence-electron chi connectivity index (χ2n) is 4.53. The minimum absolute atomic E-state index is 0.114. The molecule has 6 nitrogen and oxygen atoms in total. The van der Waals surface area contributed by atoms with Gasteiger partial charge in [-0.15, -0.1) is 0 Å². The smallest absolute Gasteiger partial charge is 0.377 e. The number of nitrogens with one attached hydrogen (secondary N) is 1. The van der Waals surface area contributed by atoms with Crippen molar-refractivity contribution in [2.45, 2.75) is 0 Å². The summed E-state index contributed by atoms with van der Waals surface area (Å²) in [5.74, 6) is -4.26. The van der Waals surface area contributed by atoms with Gasteiger partial charge in [-0.05, 0) is 18.2 Å². The molecule has 23 heavy (non-hydrogen) atoms. The minimum Gasteiger partial charge on any atom is -0.475 e. The van der Waals surface area contributed by atoms with Crippen LogP contribution in [-0.2, 0) is 11.8 Å². The van der Waals surface area contributed by atoms with E-state index < -0.39 is 23.5 Å². The average Bonchev–Trinajstić information content (AvgIpc) is 2.77. The predicted octanol–water partition coefficient (Wildman–Crippen LogP) is 2.99. The van der Waals surface area contributed by atoms with E-state index in [4.69, 9.17) is 28.3 Å². The Bertz CT molecular complexity index is 832. The fraction of sp³-hybridized carbons (Fsp3) is 0.0714. The molecule has 0 fully saturated rings. The predicted molar refractivity (Wildman–Crippen MR) is 81.8 cm³/mol. The van der Waals surface area contributed by atoms with E-state index in [1.807, 2.05) is 0 Å². The van der Waals surface area contributed by atoms with E-state index in [1.54, 1.807) is 0 Å². The van der Waals surface area contributed by atoms with Crippen molar-refractivity contribution >= 4 is 46.5 Å². The zero-order valence-electron chi connectivity index (χ0n) is 11.6. The third kappa shape index (κ3) is 3.35. The van der Waals surface area contributed by atoms with Crippen LogP contribution in [0.5, 0.6) is 0 Å². The number of carbonyl (C=O) groups excluding carboxylic acids is 2. The molecule has 0 saturated heterocycles. The van der Waals surface area contributed by atoms with Crippen LogP contribution in [0.4, 0.5) is 10.1 Å². The number of anilines is 1. The molecule has 2 N–H and O–H groups in total. The summed E-state index contributed by atoms with van der Waals surface area (Å²) in [5, 5.41) is 10.7. The Balaban J connectivity index is 2.34. The number of benzene rings is 1. The second kappa shape index (κ2) is 6.39. The number of halogens is 3. The standard InChI is InChI=1S/C14H9Cl2FN2O4/c1-19-5-7(12(20)14(22)23)10(16)11(19)13(21)18-6-2-3-9(17)8(15)4-6/h2-5H,1H3,(H,18,21)(H,22,23). The minimum atomic E-state index is -1.69. The number of aliphatic carboxylic acids is 1. The zero-order valence-corrected chi connectivity index (χ0v) is 13.1. The van der Waals surface area contributed by atoms with E-state index in [0.29, 0.717) is 0 Å². The Morgan fingerprint density at radius 2 is 1.91 bits per heavy atom. The Hall–Kier alpha value is -2.38. The molecular formula is C14H9Cl2FN2O4. The number of amides is 1. The molecule has 2 aromatic rings. The lowest BCUT2D eigenvalue weighted by atomic mass is 10.2. The number of nitrogens with zero attached hydrogens (tertiary/aromatic N) is 1. The van der Waals surface area contributed by atoms with E-state index in [2.05, 4.69) is 5.32 Å². The SMILES string of the molecule is Cn1cc(C(=O)C(=O)O)c(Cl)c1C(=O)Nc1ccc(F)c(Cl)c1. The van der Waals surface area contributed by atoms with Gasteiger partial charge in [-0.3, -0.25) is 9.59 Å². The Labute approximate surface area is 139 Å². The van der Waals surface area contributed by atoms with Crippen molar-refractivity contribution in [1.29, 1.82) is 0 Å². The molecule has 9 heteroatoms. The summed E-state index contributed by atoms with van der Waals surface area (Å²) in [7, 11) is 1.43. The highest BCUT2D eigenvalue weighted by atomic mass is 35.5. The number of carbonyl (C=O) groups is 3. The van der Waals surface area contributed by atoms with Gasteiger partial charge in [-0.1, -0.05) is 23.2 Å². The lowest BCUT2D eigenvalue weighted by Gasteiger charge is -2.07. The Morgan fingerprint density at radius 1 is 1.26 bits per heavy atom. The fourth-order valence-electron chi connectivity index (χ4n) is 1.89. The molecule has 0 unspecified atom stereocenters. The van der Waals surface area contributed by atoms with Gasteiger partial charge in [0.25, 0.3) is 11.7 Å². The summed E-state index contributed by atoms with van der Waals surface area (Å²) in [4.78, 5) is 34.5. The van der Waals surface area contributed by atoms with Crippen LogP contribution in [0.2, 0.25) is 10.0 Å². The van der Waals surface area contributed by atoms with Gasteiger partial charge in [0, 0.05) is 18.9 Å². The molecule has 120 valence electrons. The summed E-state index contributed by atoms with van der Waals surface area (Å²) >= 11 is 11.6. The van der Waals surface area contributed by atoms with Gasteiger partial charge in [0.1, 0.15) is 11.5 Å². The lowest BCUT2D eigenvalue weighted by molar-refractivity contribution is -0.131. The molecule has 0 aliphatic carbocycles. The van der Waals surface area contributed by atoms with Crippen LogP contribution in [0, 0.1) is 5.82 Å². The van der Waals surface area contributed by atoms with Gasteiger partial charge in [0.05, 0.1) is 15.6 Å². The maximum absolute atomic E-state index is 13.1. The molecule has 1 heterocycles. The highest BCUT2D eigenvalue weighted by Crippen LogP contribution is 2.25. The van der Waals surface area contributed by atoms with Crippen molar-refractivity contribution in [1.82, 2.24) is 4.57 Å². The van der Waals surface area contributed by atoms with Gasteiger partial charge in [0.15, 0.2) is 0 Å². The first-order chi connectivity index (χ1) is 10.7. The molecule has 0 aliphatic rings. The van der Waals surface area contributed by atoms with Crippen LogP contribution in [0.1, 0.15) is 20.8 Å². The van der Waals surface area contributed by atoms with E-state index in [-0.39, 0.29) is 27.0 Å². The van der Waals surface area contributed by atoms with Gasteiger partial charge in [-0.25, -0.2) is 9.18 Å². The van der Waals surface area contributed by atoms with Crippen LogP contribution in [-0.4, -0.2) is 27.3 Å². The molecule has 1 aromatic carbocycles. The van der Waals surface area contributed by atoms with Crippen LogP contribution in [0.15, 0.2) is 24.4 Å². The molecule has 1 aromatic heterocycles. The molecule has 1 amide bonds.